The second kappa shape index (κ2) is 51.9. The zero-order valence-corrected chi connectivity index (χ0v) is 41.2. The lowest BCUT2D eigenvalue weighted by atomic mass is 10.1. The molecule has 0 spiro atoms. The summed E-state index contributed by atoms with van der Waals surface area (Å²) in [6.45, 7) is 6.26. The van der Waals surface area contributed by atoms with Crippen molar-refractivity contribution in [3.05, 3.63) is 146 Å². The number of unbranched alkanes of at least 4 members (excludes halogenated alkanes) is 17. The molecule has 0 bridgehead atoms. The molecule has 0 radical (unpaired) electrons. The second-order valence-electron chi connectivity index (χ2n) is 16.3. The first kappa shape index (κ1) is 60.3. The van der Waals surface area contributed by atoms with Crippen LogP contribution < -0.4 is 0 Å². The minimum Gasteiger partial charge on any atom is -0.462 e. The highest BCUT2D eigenvalue weighted by Gasteiger charge is 2.19. The van der Waals surface area contributed by atoms with Gasteiger partial charge < -0.3 is 14.2 Å². The van der Waals surface area contributed by atoms with Gasteiger partial charge in [-0.1, -0.05) is 237 Å². The number of rotatable bonds is 43. The van der Waals surface area contributed by atoms with E-state index in [0.717, 1.165) is 83.5 Å². The van der Waals surface area contributed by atoms with Crippen molar-refractivity contribution in [1.82, 2.24) is 0 Å². The number of hydrogen-bond acceptors (Lipinski definition) is 6. The van der Waals surface area contributed by atoms with Crippen molar-refractivity contribution in [3.63, 3.8) is 0 Å². The molecule has 1 unspecified atom stereocenters. The lowest BCUT2D eigenvalue weighted by Crippen LogP contribution is -2.30. The highest BCUT2D eigenvalue weighted by molar-refractivity contribution is 5.71. The van der Waals surface area contributed by atoms with Crippen LogP contribution in [-0.4, -0.2) is 37.2 Å². The maximum absolute atomic E-state index is 12.8. The standard InChI is InChI=1S/C59H90O6/c1-4-7-10-13-16-19-22-25-27-29-30-32-34-37-40-43-46-49-52-58(61)64-55-56(54-63-57(60)51-48-45-42-39-36-33-24-21-18-15-12-9-6-3)65-59(62)53-50-47-44-41-38-35-31-28-26-23-20-17-14-11-8-5-2/h9-10,12-13,15-16,18-19,21-22,24-25,27-33,35-36,38-39,42,56H,4-8,11,14,17,20,23,26,34,37,40-41,43-55H2,1-3H3/b12-9+,13-10+,18-15+,19-16+,24-21+,25-22+,29-27+,31-28+,32-30+,36-33+,38-35+,42-39+. The highest BCUT2D eigenvalue weighted by atomic mass is 16.6. The maximum atomic E-state index is 12.8. The van der Waals surface area contributed by atoms with Crippen LogP contribution >= 0.6 is 0 Å². The molecule has 0 fully saturated rings. The monoisotopic (exact) mass is 895 g/mol. The van der Waals surface area contributed by atoms with Crippen LogP contribution in [0.15, 0.2) is 146 Å². The number of carbonyl (C=O) groups is 3. The van der Waals surface area contributed by atoms with E-state index in [-0.39, 0.29) is 44.0 Å². The van der Waals surface area contributed by atoms with Crippen molar-refractivity contribution >= 4 is 17.9 Å². The summed E-state index contributed by atoms with van der Waals surface area (Å²) >= 11 is 0. The zero-order chi connectivity index (χ0) is 47.2. The molecule has 0 heterocycles. The molecule has 0 aromatic heterocycles. The summed E-state index contributed by atoms with van der Waals surface area (Å²) in [5.41, 5.74) is 0. The Kier molecular flexibility index (Phi) is 48.2. The van der Waals surface area contributed by atoms with E-state index in [1.165, 1.54) is 51.4 Å². The molecule has 362 valence electrons. The van der Waals surface area contributed by atoms with Crippen LogP contribution in [0.1, 0.15) is 188 Å². The fourth-order valence-electron chi connectivity index (χ4n) is 6.26. The molecule has 0 rings (SSSR count). The fraction of sp³-hybridized carbons (Fsp3) is 0.542. The third-order valence-electron chi connectivity index (χ3n) is 10.1. The average Bonchev–Trinajstić information content (AvgIpc) is 3.30. The molecule has 0 saturated heterocycles. The summed E-state index contributed by atoms with van der Waals surface area (Å²) in [4.78, 5) is 37.9. The molecular weight excluding hydrogens is 805 g/mol. The third kappa shape index (κ3) is 50.2. The van der Waals surface area contributed by atoms with Crippen molar-refractivity contribution in [1.29, 1.82) is 0 Å². The Morgan fingerprint density at radius 3 is 1.09 bits per heavy atom. The van der Waals surface area contributed by atoms with E-state index in [1.54, 1.807) is 0 Å². The second-order valence-corrected chi connectivity index (χ2v) is 16.3. The smallest absolute Gasteiger partial charge is 0.306 e. The summed E-state index contributed by atoms with van der Waals surface area (Å²) in [6.07, 6.45) is 74.0. The van der Waals surface area contributed by atoms with E-state index in [1.807, 2.05) is 91.1 Å². The van der Waals surface area contributed by atoms with Crippen molar-refractivity contribution < 1.29 is 28.6 Å². The molecule has 0 N–H and O–H groups in total. The number of ether oxygens (including phenoxy) is 3. The number of allylic oxidation sites excluding steroid dienone is 24. The molecule has 6 nitrogen and oxygen atoms in total. The summed E-state index contributed by atoms with van der Waals surface area (Å²) in [6, 6.07) is 0. The molecular formula is C59H90O6. The summed E-state index contributed by atoms with van der Waals surface area (Å²) in [5, 5.41) is 0. The van der Waals surface area contributed by atoms with Gasteiger partial charge in [0, 0.05) is 19.3 Å². The molecule has 0 aliphatic heterocycles. The first-order valence-corrected chi connectivity index (χ1v) is 25.5. The molecule has 1 atom stereocenters. The molecule has 0 aromatic carbocycles. The van der Waals surface area contributed by atoms with E-state index in [2.05, 4.69) is 75.5 Å². The molecule has 6 heteroatoms. The lowest BCUT2D eigenvalue weighted by Gasteiger charge is -2.18. The predicted molar refractivity (Wildman–Crippen MR) is 279 cm³/mol. The third-order valence-corrected chi connectivity index (χ3v) is 10.1. The van der Waals surface area contributed by atoms with Gasteiger partial charge in [0.25, 0.3) is 0 Å². The normalized spacial score (nSPS) is 13.3. The van der Waals surface area contributed by atoms with Crippen LogP contribution in [0.4, 0.5) is 0 Å². The Labute approximate surface area is 397 Å². The zero-order valence-electron chi connectivity index (χ0n) is 41.2. The average molecular weight is 895 g/mol. The fourth-order valence-corrected chi connectivity index (χ4v) is 6.26. The quantitative estimate of drug-likeness (QED) is 0.0263. The van der Waals surface area contributed by atoms with Crippen molar-refractivity contribution in [2.45, 2.75) is 194 Å². The van der Waals surface area contributed by atoms with E-state index < -0.39 is 6.10 Å². The van der Waals surface area contributed by atoms with E-state index in [9.17, 15) is 14.4 Å². The Balaban J connectivity index is 4.61. The highest BCUT2D eigenvalue weighted by Crippen LogP contribution is 2.12. The van der Waals surface area contributed by atoms with Gasteiger partial charge in [0.2, 0.25) is 0 Å². The number of esters is 3. The van der Waals surface area contributed by atoms with Gasteiger partial charge in [-0.05, 0) is 77.0 Å². The van der Waals surface area contributed by atoms with Crippen LogP contribution in [0.5, 0.6) is 0 Å². The number of hydrogen-bond donors (Lipinski definition) is 0. The Hall–Kier alpha value is -4.71. The van der Waals surface area contributed by atoms with E-state index in [0.29, 0.717) is 19.3 Å². The van der Waals surface area contributed by atoms with Gasteiger partial charge in [-0.15, -0.1) is 0 Å². The van der Waals surface area contributed by atoms with Crippen LogP contribution in [0, 0.1) is 0 Å². The summed E-state index contributed by atoms with van der Waals surface area (Å²) in [7, 11) is 0. The van der Waals surface area contributed by atoms with Crippen molar-refractivity contribution in [2.75, 3.05) is 13.2 Å². The molecule has 65 heavy (non-hydrogen) atoms. The maximum Gasteiger partial charge on any atom is 0.306 e. The van der Waals surface area contributed by atoms with Crippen molar-refractivity contribution in [3.8, 4) is 0 Å². The van der Waals surface area contributed by atoms with Crippen LogP contribution in [0.3, 0.4) is 0 Å². The largest absolute Gasteiger partial charge is 0.462 e. The van der Waals surface area contributed by atoms with E-state index >= 15 is 0 Å². The minimum atomic E-state index is -0.838. The first-order chi connectivity index (χ1) is 32.0. The summed E-state index contributed by atoms with van der Waals surface area (Å²) < 4.78 is 16.7. The first-order valence-electron chi connectivity index (χ1n) is 25.5. The van der Waals surface area contributed by atoms with Crippen LogP contribution in [-0.2, 0) is 28.6 Å². The summed E-state index contributed by atoms with van der Waals surface area (Å²) in [5.74, 6) is -1.07. The molecule has 0 aliphatic carbocycles. The van der Waals surface area contributed by atoms with Gasteiger partial charge in [-0.25, -0.2) is 0 Å². The van der Waals surface area contributed by atoms with Crippen LogP contribution in [0.2, 0.25) is 0 Å². The molecule has 0 aliphatic rings. The molecule has 0 aromatic rings. The van der Waals surface area contributed by atoms with Gasteiger partial charge in [0.15, 0.2) is 6.10 Å². The Morgan fingerprint density at radius 2 is 0.646 bits per heavy atom. The van der Waals surface area contributed by atoms with Gasteiger partial charge >= 0.3 is 17.9 Å². The van der Waals surface area contributed by atoms with Crippen molar-refractivity contribution in [2.24, 2.45) is 0 Å². The number of carbonyl (C=O) groups excluding carboxylic acids is 3. The van der Waals surface area contributed by atoms with E-state index in [4.69, 9.17) is 14.2 Å². The van der Waals surface area contributed by atoms with Gasteiger partial charge in [-0.2, -0.15) is 0 Å². The van der Waals surface area contributed by atoms with Gasteiger partial charge in [0.1, 0.15) is 13.2 Å². The molecule has 0 saturated carbocycles. The topological polar surface area (TPSA) is 78.9 Å². The lowest BCUT2D eigenvalue weighted by molar-refractivity contribution is -0.167. The van der Waals surface area contributed by atoms with Crippen LogP contribution in [0.25, 0.3) is 0 Å². The van der Waals surface area contributed by atoms with Gasteiger partial charge in [-0.3, -0.25) is 14.4 Å². The minimum absolute atomic E-state index is 0.131. The SMILES string of the molecule is CC/C=C/C=C/C=C/C=C/C=C/CCCC(=O)OCC(COC(=O)CCCCCCC/C=C/C=C/C=C/C=C/C=C/CCC)OC(=O)CCCCC/C=C/C=C/CCCCCCCCC. The Bertz CT molecular complexity index is 1490. The van der Waals surface area contributed by atoms with Gasteiger partial charge in [0.05, 0.1) is 0 Å². The molecule has 0 amide bonds. The Morgan fingerprint density at radius 1 is 0.323 bits per heavy atom. The predicted octanol–water partition coefficient (Wildman–Crippen LogP) is 16.9.